The molecule has 3 aromatic carbocycles. The molecule has 0 radical (unpaired) electrons. The zero-order chi connectivity index (χ0) is 32.1. The van der Waals surface area contributed by atoms with Gasteiger partial charge in [-0.3, -0.25) is 15.1 Å². The number of nitriles is 1. The van der Waals surface area contributed by atoms with Gasteiger partial charge in [-0.1, -0.05) is 35.9 Å². The van der Waals surface area contributed by atoms with E-state index in [-0.39, 0.29) is 19.1 Å². The summed E-state index contributed by atoms with van der Waals surface area (Å²) in [7, 11) is 4.12. The van der Waals surface area contributed by atoms with Gasteiger partial charge in [0.05, 0.1) is 12.2 Å². The largest absolute Gasteiger partial charge is 0.489 e. The predicted octanol–water partition coefficient (Wildman–Crippen LogP) is 6.03. The van der Waals surface area contributed by atoms with Crippen LogP contribution in [0.25, 0.3) is 11.1 Å². The van der Waals surface area contributed by atoms with Gasteiger partial charge >= 0.3 is 5.97 Å². The molecule has 0 bridgehead atoms. The summed E-state index contributed by atoms with van der Waals surface area (Å²) in [6.45, 7) is 1.89. The minimum atomic E-state index is -1.15. The van der Waals surface area contributed by atoms with Crippen molar-refractivity contribution in [2.45, 2.75) is 51.3 Å². The van der Waals surface area contributed by atoms with E-state index < -0.39 is 18.6 Å². The Hall–Kier alpha value is -4.42. The summed E-state index contributed by atoms with van der Waals surface area (Å²) in [5.74, 6) is -0.321. The normalized spacial score (nSPS) is 14.4. The molecule has 232 valence electrons. The maximum absolute atomic E-state index is 11.5. The third kappa shape index (κ3) is 7.29. The number of hydrogen-bond acceptors (Lipinski definition) is 7. The smallest absolute Gasteiger partial charge is 0.323 e. The van der Waals surface area contributed by atoms with Crippen LogP contribution in [0.4, 0.5) is 5.69 Å². The first-order chi connectivity index (χ1) is 21.7. The summed E-state index contributed by atoms with van der Waals surface area (Å²) in [4.78, 5) is 17.7. The minimum absolute atomic E-state index is 0.130. The van der Waals surface area contributed by atoms with E-state index >= 15 is 0 Å². The Morgan fingerprint density at radius 1 is 1.18 bits per heavy atom. The number of hydrogen-bond donors (Lipinski definition) is 3. The number of ether oxygens (including phenoxy) is 1. The Bertz CT molecular complexity index is 1750. The lowest BCUT2D eigenvalue weighted by molar-refractivity contribution is -0.140. The third-order valence-electron chi connectivity index (χ3n) is 8.42. The van der Waals surface area contributed by atoms with Gasteiger partial charge in [0.15, 0.2) is 0 Å². The first kappa shape index (κ1) is 32.0. The summed E-state index contributed by atoms with van der Waals surface area (Å²) in [5.41, 5.74) is 10.4. The summed E-state index contributed by atoms with van der Waals surface area (Å²) in [5, 5.41) is 31.6. The number of carboxylic acid groups (broad SMARTS) is 1. The fourth-order valence-electron chi connectivity index (χ4n) is 6.13. The van der Waals surface area contributed by atoms with Crippen molar-refractivity contribution in [1.82, 2.24) is 10.3 Å². The molecule has 0 fully saturated rings. The summed E-state index contributed by atoms with van der Waals surface area (Å²) in [6.07, 6.45) is 5.83. The van der Waals surface area contributed by atoms with Crippen molar-refractivity contribution >= 4 is 23.3 Å². The van der Waals surface area contributed by atoms with Crippen LogP contribution < -0.4 is 15.0 Å². The molecular weight excluding hydrogens is 588 g/mol. The number of fused-ring (bicyclic) bond motifs is 1. The number of pyridine rings is 1. The number of nitrogens with one attached hydrogen (secondary N) is 1. The van der Waals surface area contributed by atoms with Gasteiger partial charge in [0.2, 0.25) is 0 Å². The fourth-order valence-corrected chi connectivity index (χ4v) is 6.39. The number of carboxylic acids is 1. The molecule has 1 heterocycles. The number of aliphatic carboxylic acids is 1. The highest BCUT2D eigenvalue weighted by molar-refractivity contribution is 6.31. The Labute approximate surface area is 268 Å². The van der Waals surface area contributed by atoms with E-state index in [9.17, 15) is 20.3 Å². The molecule has 4 aromatic rings. The maximum atomic E-state index is 11.5. The average molecular weight is 625 g/mol. The molecule has 1 aliphatic rings. The molecule has 3 N–H and O–H groups in total. The quantitative estimate of drug-likeness (QED) is 0.175. The molecule has 0 saturated heterocycles. The van der Waals surface area contributed by atoms with Gasteiger partial charge < -0.3 is 19.8 Å². The van der Waals surface area contributed by atoms with Crippen LogP contribution in [0.3, 0.4) is 0 Å². The highest BCUT2D eigenvalue weighted by Gasteiger charge is 2.27. The van der Waals surface area contributed by atoms with Gasteiger partial charge in [-0.25, -0.2) is 0 Å². The number of anilines is 1. The van der Waals surface area contributed by atoms with E-state index in [0.717, 1.165) is 30.4 Å². The number of benzene rings is 3. The first-order valence-corrected chi connectivity index (χ1v) is 15.3. The van der Waals surface area contributed by atoms with Crippen molar-refractivity contribution in [3.63, 3.8) is 0 Å². The predicted molar refractivity (Wildman–Crippen MR) is 176 cm³/mol. The zero-order valence-corrected chi connectivity index (χ0v) is 26.4. The molecule has 45 heavy (non-hydrogen) atoms. The standard InChI is InChI=1S/C36H37ClN4O4/c1-22-11-25(8-10-34(22)41(2)3)29-5-4-6-30-26(7-9-31(29)30)13-27-15-35(45-21-24-12-23(16-38)17-39-18-24)28(14-32(27)37)19-40-33(20-42)36(43)44/h4-6,8,10-12,14-15,17-18,26,33,40,42H,7,9,13,19-21H2,1-3H3,(H,43,44)/t26-,33?/m1/s1. The Morgan fingerprint density at radius 2 is 2.00 bits per heavy atom. The van der Waals surface area contributed by atoms with E-state index in [1.54, 1.807) is 18.3 Å². The van der Waals surface area contributed by atoms with Gasteiger partial charge in [0, 0.05) is 54.9 Å². The molecule has 0 spiro atoms. The van der Waals surface area contributed by atoms with Gasteiger partial charge in [-0.15, -0.1) is 0 Å². The molecule has 1 aromatic heterocycles. The number of aliphatic hydroxyl groups is 1. The lowest BCUT2D eigenvalue weighted by Gasteiger charge is -2.19. The van der Waals surface area contributed by atoms with Crippen LogP contribution >= 0.6 is 11.6 Å². The van der Waals surface area contributed by atoms with Gasteiger partial charge in [0.25, 0.3) is 0 Å². The maximum Gasteiger partial charge on any atom is 0.323 e. The average Bonchev–Trinajstić information content (AvgIpc) is 3.44. The summed E-state index contributed by atoms with van der Waals surface area (Å²) >= 11 is 6.86. The van der Waals surface area contributed by atoms with Crippen LogP contribution in [0, 0.1) is 18.3 Å². The molecule has 0 aliphatic heterocycles. The van der Waals surface area contributed by atoms with E-state index in [1.807, 2.05) is 6.07 Å². The number of halogens is 1. The van der Waals surface area contributed by atoms with E-state index in [4.69, 9.17) is 16.3 Å². The Balaban J connectivity index is 1.42. The van der Waals surface area contributed by atoms with Crippen molar-refractivity contribution in [2.75, 3.05) is 25.6 Å². The van der Waals surface area contributed by atoms with E-state index in [1.165, 1.54) is 39.7 Å². The lowest BCUT2D eigenvalue weighted by atomic mass is 9.90. The summed E-state index contributed by atoms with van der Waals surface area (Å²) < 4.78 is 6.23. The van der Waals surface area contributed by atoms with Crippen molar-refractivity contribution < 1.29 is 19.7 Å². The Morgan fingerprint density at radius 3 is 2.71 bits per heavy atom. The molecule has 0 amide bonds. The highest BCUT2D eigenvalue weighted by Crippen LogP contribution is 2.42. The molecule has 9 heteroatoms. The van der Waals surface area contributed by atoms with Crippen LogP contribution in [0.15, 0.2) is 67.0 Å². The lowest BCUT2D eigenvalue weighted by Crippen LogP contribution is -2.39. The molecule has 8 nitrogen and oxygen atoms in total. The fraction of sp³-hybridized carbons (Fsp3) is 0.306. The van der Waals surface area contributed by atoms with E-state index in [0.29, 0.717) is 21.9 Å². The van der Waals surface area contributed by atoms with Crippen molar-refractivity contribution in [3.05, 3.63) is 111 Å². The molecule has 1 unspecified atom stereocenters. The van der Waals surface area contributed by atoms with Crippen LogP contribution in [0.2, 0.25) is 5.02 Å². The minimum Gasteiger partial charge on any atom is -0.489 e. The van der Waals surface area contributed by atoms with Crippen LogP contribution in [0.1, 0.15) is 51.3 Å². The molecule has 0 saturated carbocycles. The van der Waals surface area contributed by atoms with Gasteiger partial charge in [0.1, 0.15) is 24.5 Å². The second-order valence-corrected chi connectivity index (χ2v) is 12.1. The zero-order valence-electron chi connectivity index (χ0n) is 25.7. The summed E-state index contributed by atoms with van der Waals surface area (Å²) in [6, 6.07) is 19.6. The number of aryl methyl sites for hydroxylation is 1. The topological polar surface area (TPSA) is 119 Å². The Kier molecular flexibility index (Phi) is 10.0. The number of aromatic nitrogens is 1. The molecular formula is C36H37ClN4O4. The second-order valence-electron chi connectivity index (χ2n) is 11.7. The van der Waals surface area contributed by atoms with Crippen molar-refractivity contribution in [2.24, 2.45) is 0 Å². The van der Waals surface area contributed by atoms with E-state index in [2.05, 4.69) is 78.7 Å². The molecule has 5 rings (SSSR count). The number of aliphatic hydroxyl groups excluding tert-OH is 1. The van der Waals surface area contributed by atoms with Crippen molar-refractivity contribution in [1.29, 1.82) is 5.26 Å². The monoisotopic (exact) mass is 624 g/mol. The highest BCUT2D eigenvalue weighted by atomic mass is 35.5. The first-order valence-electron chi connectivity index (χ1n) is 14.9. The van der Waals surface area contributed by atoms with Crippen LogP contribution in [0.5, 0.6) is 5.75 Å². The SMILES string of the molecule is Cc1cc(-c2cccc3c2CC[C@@H]3Cc2cc(OCc3cncc(C#N)c3)c(CNC(CO)C(=O)O)cc2Cl)ccc1N(C)C. The molecule has 1 aliphatic carbocycles. The number of nitrogens with zero attached hydrogens (tertiary/aromatic N) is 3. The van der Waals surface area contributed by atoms with Crippen molar-refractivity contribution in [3.8, 4) is 22.9 Å². The molecule has 2 atom stereocenters. The van der Waals surface area contributed by atoms with Crippen LogP contribution in [-0.4, -0.2) is 47.9 Å². The van der Waals surface area contributed by atoms with Gasteiger partial charge in [-0.05, 0) is 95.8 Å². The number of rotatable bonds is 12. The third-order valence-corrected chi connectivity index (χ3v) is 8.77. The number of carbonyl (C=O) groups is 1. The van der Waals surface area contributed by atoms with Gasteiger partial charge in [-0.2, -0.15) is 5.26 Å². The van der Waals surface area contributed by atoms with Crippen LogP contribution in [-0.2, 0) is 30.8 Å². The second kappa shape index (κ2) is 14.1.